The van der Waals surface area contributed by atoms with Gasteiger partial charge in [0.15, 0.2) is 0 Å². The Bertz CT molecular complexity index is 777. The highest BCUT2D eigenvalue weighted by Crippen LogP contribution is 2.14. The molecule has 5 heteroatoms. The summed E-state index contributed by atoms with van der Waals surface area (Å²) in [6, 6.07) is 8.12. The number of nitrogens with zero attached hydrogens (tertiary/aromatic N) is 2. The summed E-state index contributed by atoms with van der Waals surface area (Å²) >= 11 is 0. The summed E-state index contributed by atoms with van der Waals surface area (Å²) in [7, 11) is 1.83. The molecule has 1 amide bonds. The van der Waals surface area contributed by atoms with Gasteiger partial charge in [-0.1, -0.05) is 25.1 Å². The zero-order chi connectivity index (χ0) is 18.6. The Labute approximate surface area is 149 Å². The minimum absolute atomic E-state index is 0.131. The normalized spacial score (nSPS) is 12.0. The van der Waals surface area contributed by atoms with Crippen molar-refractivity contribution < 1.29 is 9.59 Å². The third kappa shape index (κ3) is 4.78. The molecule has 1 aromatic heterocycles. The number of ketones is 1. The van der Waals surface area contributed by atoms with E-state index in [2.05, 4.69) is 36.4 Å². The van der Waals surface area contributed by atoms with Crippen molar-refractivity contribution in [1.29, 1.82) is 0 Å². The van der Waals surface area contributed by atoms with Crippen LogP contribution in [-0.4, -0.2) is 21.5 Å². The van der Waals surface area contributed by atoms with Crippen LogP contribution in [0.5, 0.6) is 0 Å². The third-order valence-electron chi connectivity index (χ3n) is 4.57. The molecule has 1 aromatic carbocycles. The van der Waals surface area contributed by atoms with Gasteiger partial charge in [-0.3, -0.25) is 14.3 Å². The molecule has 134 valence electrons. The molecule has 0 fully saturated rings. The van der Waals surface area contributed by atoms with Gasteiger partial charge in [0.25, 0.3) is 0 Å². The second-order valence-electron chi connectivity index (χ2n) is 6.60. The Balaban J connectivity index is 2.04. The molecule has 1 unspecified atom stereocenters. The summed E-state index contributed by atoms with van der Waals surface area (Å²) in [6.07, 6.45) is 1.36. The second kappa shape index (κ2) is 8.10. The van der Waals surface area contributed by atoms with Gasteiger partial charge in [0, 0.05) is 25.7 Å². The van der Waals surface area contributed by atoms with Gasteiger partial charge in [-0.2, -0.15) is 5.10 Å². The zero-order valence-corrected chi connectivity index (χ0v) is 15.7. The fourth-order valence-corrected chi connectivity index (χ4v) is 3.06. The van der Waals surface area contributed by atoms with Crippen LogP contribution in [0.4, 0.5) is 0 Å². The molecule has 0 bridgehead atoms. The maximum absolute atomic E-state index is 12.5. The lowest BCUT2D eigenvalue weighted by Gasteiger charge is -2.15. The van der Waals surface area contributed by atoms with E-state index in [0.29, 0.717) is 13.0 Å². The Morgan fingerprint density at radius 2 is 1.96 bits per heavy atom. The molecule has 0 aliphatic carbocycles. The summed E-state index contributed by atoms with van der Waals surface area (Å²) < 4.78 is 1.73. The molecule has 25 heavy (non-hydrogen) atoms. The van der Waals surface area contributed by atoms with E-state index in [1.165, 1.54) is 18.1 Å². The van der Waals surface area contributed by atoms with Crippen LogP contribution in [0.1, 0.15) is 41.9 Å². The average Bonchev–Trinajstić information content (AvgIpc) is 2.87. The molecule has 0 radical (unpaired) electrons. The molecular formula is C20H27N3O2. The van der Waals surface area contributed by atoms with Gasteiger partial charge in [-0.25, -0.2) is 0 Å². The van der Waals surface area contributed by atoms with Crippen LogP contribution in [0.3, 0.4) is 0 Å². The highest BCUT2D eigenvalue weighted by Gasteiger charge is 2.25. The van der Waals surface area contributed by atoms with Crippen LogP contribution in [0.2, 0.25) is 0 Å². The predicted molar refractivity (Wildman–Crippen MR) is 98.2 cm³/mol. The van der Waals surface area contributed by atoms with Crippen LogP contribution >= 0.6 is 0 Å². The molecule has 0 aliphatic heterocycles. The molecule has 0 saturated carbocycles. The second-order valence-corrected chi connectivity index (χ2v) is 6.60. The van der Waals surface area contributed by atoms with E-state index in [-0.39, 0.29) is 11.7 Å². The number of rotatable bonds is 7. The standard InChI is InChI=1S/C20H27N3O2/c1-6-17-8-7-16(9-13(17)2)12-21-20(25)19(15(4)24)11-18-10-14(3)22-23(18)5/h7-10,19H,6,11-12H2,1-5H3,(H,21,25). The Kier molecular flexibility index (Phi) is 6.12. The molecule has 1 N–H and O–H groups in total. The van der Waals surface area contributed by atoms with Crippen molar-refractivity contribution in [2.75, 3.05) is 0 Å². The van der Waals surface area contributed by atoms with E-state index in [1.54, 1.807) is 4.68 Å². The lowest BCUT2D eigenvalue weighted by atomic mass is 9.97. The van der Waals surface area contributed by atoms with Gasteiger partial charge >= 0.3 is 0 Å². The monoisotopic (exact) mass is 341 g/mol. The van der Waals surface area contributed by atoms with Gasteiger partial charge in [-0.05, 0) is 49.9 Å². The first-order chi connectivity index (χ1) is 11.8. The number of carbonyl (C=O) groups is 2. The summed E-state index contributed by atoms with van der Waals surface area (Å²) in [5.74, 6) is -1.05. The topological polar surface area (TPSA) is 64.0 Å². The van der Waals surface area contributed by atoms with Gasteiger partial charge in [-0.15, -0.1) is 0 Å². The van der Waals surface area contributed by atoms with Crippen molar-refractivity contribution in [3.63, 3.8) is 0 Å². The number of carbonyl (C=O) groups excluding carboxylic acids is 2. The van der Waals surface area contributed by atoms with Crippen LogP contribution in [0, 0.1) is 19.8 Å². The van der Waals surface area contributed by atoms with Crippen molar-refractivity contribution in [1.82, 2.24) is 15.1 Å². The maximum atomic E-state index is 12.5. The number of hydrogen-bond acceptors (Lipinski definition) is 3. The van der Waals surface area contributed by atoms with Gasteiger partial charge in [0.2, 0.25) is 5.91 Å². The Morgan fingerprint density at radius 3 is 2.48 bits per heavy atom. The summed E-state index contributed by atoms with van der Waals surface area (Å²) in [6.45, 7) is 7.99. The molecule has 2 aromatic rings. The highest BCUT2D eigenvalue weighted by atomic mass is 16.2. The minimum atomic E-state index is -0.689. The SMILES string of the molecule is CCc1ccc(CNC(=O)C(Cc2cc(C)nn2C)C(C)=O)cc1C. The molecule has 1 atom stereocenters. The summed E-state index contributed by atoms with van der Waals surface area (Å²) in [5, 5.41) is 7.18. The molecule has 0 aliphatic rings. The number of amides is 1. The Hall–Kier alpha value is -2.43. The molecule has 2 rings (SSSR count). The molecule has 0 saturated heterocycles. The third-order valence-corrected chi connectivity index (χ3v) is 4.57. The minimum Gasteiger partial charge on any atom is -0.351 e. The fraction of sp³-hybridized carbons (Fsp3) is 0.450. The largest absolute Gasteiger partial charge is 0.351 e. The van der Waals surface area contributed by atoms with Crippen LogP contribution in [-0.2, 0) is 36.0 Å². The lowest BCUT2D eigenvalue weighted by Crippen LogP contribution is -2.35. The summed E-state index contributed by atoms with van der Waals surface area (Å²) in [4.78, 5) is 24.5. The maximum Gasteiger partial charge on any atom is 0.231 e. The zero-order valence-electron chi connectivity index (χ0n) is 15.7. The first-order valence-corrected chi connectivity index (χ1v) is 8.67. The van der Waals surface area contributed by atoms with Gasteiger partial charge in [0.1, 0.15) is 11.7 Å². The van der Waals surface area contributed by atoms with E-state index in [4.69, 9.17) is 0 Å². The van der Waals surface area contributed by atoms with Crippen molar-refractivity contribution in [2.24, 2.45) is 13.0 Å². The van der Waals surface area contributed by atoms with Crippen molar-refractivity contribution in [2.45, 2.75) is 47.1 Å². The van der Waals surface area contributed by atoms with Gasteiger partial charge in [0.05, 0.1) is 5.69 Å². The lowest BCUT2D eigenvalue weighted by molar-refractivity contribution is -0.133. The first-order valence-electron chi connectivity index (χ1n) is 8.67. The quantitative estimate of drug-likeness (QED) is 0.788. The van der Waals surface area contributed by atoms with E-state index in [9.17, 15) is 9.59 Å². The van der Waals surface area contributed by atoms with E-state index in [0.717, 1.165) is 23.4 Å². The van der Waals surface area contributed by atoms with Crippen LogP contribution in [0.25, 0.3) is 0 Å². The molecule has 1 heterocycles. The van der Waals surface area contributed by atoms with Crippen LogP contribution in [0.15, 0.2) is 24.3 Å². The first kappa shape index (κ1) is 18.9. The van der Waals surface area contributed by atoms with Crippen molar-refractivity contribution in [3.05, 3.63) is 52.3 Å². The molecular weight excluding hydrogens is 314 g/mol. The summed E-state index contributed by atoms with van der Waals surface area (Å²) in [5.41, 5.74) is 5.34. The number of nitrogens with one attached hydrogen (secondary N) is 1. The number of benzene rings is 1. The number of Topliss-reactive ketones (excluding diaryl/α,β-unsaturated/α-hetero) is 1. The number of aryl methyl sites for hydroxylation is 4. The molecule has 0 spiro atoms. The van der Waals surface area contributed by atoms with Gasteiger partial charge < -0.3 is 5.32 Å². The molecule has 5 nitrogen and oxygen atoms in total. The van der Waals surface area contributed by atoms with E-state index in [1.807, 2.05) is 26.1 Å². The van der Waals surface area contributed by atoms with E-state index < -0.39 is 5.92 Å². The number of aromatic nitrogens is 2. The fourth-order valence-electron chi connectivity index (χ4n) is 3.06. The van der Waals surface area contributed by atoms with Crippen molar-refractivity contribution in [3.8, 4) is 0 Å². The number of hydrogen-bond donors (Lipinski definition) is 1. The van der Waals surface area contributed by atoms with E-state index >= 15 is 0 Å². The predicted octanol–water partition coefficient (Wildman–Crippen LogP) is 2.66. The Morgan fingerprint density at radius 1 is 1.24 bits per heavy atom. The van der Waals surface area contributed by atoms with Crippen LogP contribution < -0.4 is 5.32 Å². The van der Waals surface area contributed by atoms with Crippen molar-refractivity contribution >= 4 is 11.7 Å². The highest BCUT2D eigenvalue weighted by molar-refractivity contribution is 6.00. The smallest absolute Gasteiger partial charge is 0.231 e. The average molecular weight is 341 g/mol.